The molecule has 98 valence electrons. The van der Waals surface area contributed by atoms with Crippen molar-refractivity contribution in [3.63, 3.8) is 0 Å². The van der Waals surface area contributed by atoms with E-state index in [2.05, 4.69) is 0 Å². The van der Waals surface area contributed by atoms with Crippen molar-refractivity contribution in [3.05, 3.63) is 35.4 Å². The average molecular weight is 266 g/mol. The standard InChI is InChI=1S/C14H18O3S/c1-2-11-6-8-12(9-7-11)14(15)13-5-3-4-10-18(13,16)17/h6-9,13H,2-5,10H2,1H3. The molecule has 1 fully saturated rings. The third kappa shape index (κ3) is 2.64. The Bertz CT molecular complexity index is 529. The Balaban J connectivity index is 2.24. The van der Waals surface area contributed by atoms with Gasteiger partial charge in [-0.3, -0.25) is 4.79 Å². The van der Waals surface area contributed by atoms with Gasteiger partial charge < -0.3 is 0 Å². The van der Waals surface area contributed by atoms with Crippen molar-refractivity contribution >= 4 is 15.6 Å². The Hall–Kier alpha value is -1.16. The molecule has 0 N–H and O–H groups in total. The first kappa shape index (κ1) is 13.3. The first-order valence-corrected chi connectivity index (χ1v) is 8.11. The van der Waals surface area contributed by atoms with E-state index in [4.69, 9.17) is 0 Å². The van der Waals surface area contributed by atoms with Crippen molar-refractivity contribution in [2.24, 2.45) is 0 Å². The van der Waals surface area contributed by atoms with Gasteiger partial charge in [0.05, 0.1) is 5.75 Å². The van der Waals surface area contributed by atoms with E-state index in [9.17, 15) is 13.2 Å². The van der Waals surface area contributed by atoms with E-state index >= 15 is 0 Å². The van der Waals surface area contributed by atoms with Gasteiger partial charge in [0.2, 0.25) is 0 Å². The summed E-state index contributed by atoms with van der Waals surface area (Å²) in [6, 6.07) is 7.27. The minimum Gasteiger partial charge on any atom is -0.293 e. The lowest BCUT2D eigenvalue weighted by Gasteiger charge is -2.21. The van der Waals surface area contributed by atoms with Gasteiger partial charge in [0.1, 0.15) is 5.25 Å². The number of benzene rings is 1. The molecule has 1 aliphatic rings. The normalized spacial score (nSPS) is 22.6. The molecule has 0 radical (unpaired) electrons. The van der Waals surface area contributed by atoms with Crippen LogP contribution in [-0.2, 0) is 16.3 Å². The van der Waals surface area contributed by atoms with Crippen molar-refractivity contribution in [2.45, 2.75) is 37.9 Å². The number of ketones is 1. The molecule has 2 rings (SSSR count). The number of rotatable bonds is 3. The van der Waals surface area contributed by atoms with E-state index in [1.165, 1.54) is 0 Å². The highest BCUT2D eigenvalue weighted by Gasteiger charge is 2.35. The molecule has 1 saturated heterocycles. The van der Waals surface area contributed by atoms with Gasteiger partial charge >= 0.3 is 0 Å². The third-order valence-corrected chi connectivity index (χ3v) is 5.69. The fourth-order valence-corrected chi connectivity index (χ4v) is 4.22. The van der Waals surface area contributed by atoms with Crippen molar-refractivity contribution in [1.29, 1.82) is 0 Å². The van der Waals surface area contributed by atoms with Gasteiger partial charge in [0.15, 0.2) is 15.6 Å². The minimum absolute atomic E-state index is 0.149. The van der Waals surface area contributed by atoms with Crippen LogP contribution in [0.25, 0.3) is 0 Å². The fraction of sp³-hybridized carbons (Fsp3) is 0.500. The summed E-state index contributed by atoms with van der Waals surface area (Å²) in [6.07, 6.45) is 2.89. The summed E-state index contributed by atoms with van der Waals surface area (Å²) in [6.45, 7) is 2.04. The van der Waals surface area contributed by atoms with Gasteiger partial charge in [-0.2, -0.15) is 0 Å². The van der Waals surface area contributed by atoms with Gasteiger partial charge in [0, 0.05) is 5.56 Å². The Morgan fingerprint density at radius 3 is 2.44 bits per heavy atom. The molecule has 18 heavy (non-hydrogen) atoms. The summed E-state index contributed by atoms with van der Waals surface area (Å²) < 4.78 is 23.8. The Labute approximate surface area is 108 Å². The first-order valence-electron chi connectivity index (χ1n) is 6.39. The van der Waals surface area contributed by atoms with Gasteiger partial charge in [-0.1, -0.05) is 37.6 Å². The Morgan fingerprint density at radius 2 is 1.89 bits per heavy atom. The van der Waals surface area contributed by atoms with Crippen LogP contribution >= 0.6 is 0 Å². The second-order valence-corrected chi connectivity index (χ2v) is 7.07. The second-order valence-electron chi connectivity index (χ2n) is 4.77. The maximum atomic E-state index is 12.2. The molecule has 0 saturated carbocycles. The number of hydrogen-bond donors (Lipinski definition) is 0. The summed E-state index contributed by atoms with van der Waals surface area (Å²) in [4.78, 5) is 12.2. The maximum Gasteiger partial charge on any atom is 0.180 e. The first-order chi connectivity index (χ1) is 8.54. The van der Waals surface area contributed by atoms with Crippen LogP contribution in [0.5, 0.6) is 0 Å². The molecule has 1 atom stereocenters. The highest BCUT2D eigenvalue weighted by atomic mass is 32.2. The lowest BCUT2D eigenvalue weighted by molar-refractivity contribution is 0.0981. The molecule has 0 aliphatic carbocycles. The molecule has 1 aliphatic heterocycles. The van der Waals surface area contributed by atoms with Crippen LogP contribution in [0.4, 0.5) is 0 Å². The Morgan fingerprint density at radius 1 is 1.22 bits per heavy atom. The zero-order chi connectivity index (χ0) is 13.2. The molecule has 0 aromatic heterocycles. The van der Waals surface area contributed by atoms with Crippen LogP contribution in [0, 0.1) is 0 Å². The highest BCUT2D eigenvalue weighted by molar-refractivity contribution is 7.92. The van der Waals surface area contributed by atoms with Crippen LogP contribution < -0.4 is 0 Å². The van der Waals surface area contributed by atoms with Crippen molar-refractivity contribution in [1.82, 2.24) is 0 Å². The predicted octanol–water partition coefficient (Wildman–Crippen LogP) is 2.40. The highest BCUT2D eigenvalue weighted by Crippen LogP contribution is 2.23. The van der Waals surface area contributed by atoms with Gasteiger partial charge in [-0.25, -0.2) is 8.42 Å². The van der Waals surface area contributed by atoms with Gasteiger partial charge in [0.25, 0.3) is 0 Å². The van der Waals surface area contributed by atoms with E-state index in [0.29, 0.717) is 18.4 Å². The molecule has 4 heteroatoms. The Kier molecular flexibility index (Phi) is 3.85. The summed E-state index contributed by atoms with van der Waals surface area (Å²) in [5, 5.41) is -0.821. The minimum atomic E-state index is -3.24. The van der Waals surface area contributed by atoms with Gasteiger partial charge in [-0.15, -0.1) is 0 Å². The zero-order valence-electron chi connectivity index (χ0n) is 10.6. The van der Waals surface area contributed by atoms with Crippen molar-refractivity contribution in [3.8, 4) is 0 Å². The maximum absolute atomic E-state index is 12.2. The average Bonchev–Trinajstić information content (AvgIpc) is 2.37. The molecule has 1 aromatic carbocycles. The predicted molar refractivity (Wildman–Crippen MR) is 71.6 cm³/mol. The molecule has 0 amide bonds. The zero-order valence-corrected chi connectivity index (χ0v) is 11.4. The largest absolute Gasteiger partial charge is 0.293 e. The van der Waals surface area contributed by atoms with E-state index in [1.807, 2.05) is 19.1 Å². The van der Waals surface area contributed by atoms with E-state index in [0.717, 1.165) is 18.4 Å². The molecular weight excluding hydrogens is 248 g/mol. The lowest BCUT2D eigenvalue weighted by atomic mass is 10.0. The van der Waals surface area contributed by atoms with Gasteiger partial charge in [-0.05, 0) is 24.8 Å². The van der Waals surface area contributed by atoms with Crippen molar-refractivity contribution in [2.75, 3.05) is 5.75 Å². The lowest BCUT2D eigenvalue weighted by Crippen LogP contribution is -2.35. The van der Waals surface area contributed by atoms with Crippen LogP contribution in [0.1, 0.15) is 42.1 Å². The number of aryl methyl sites for hydroxylation is 1. The number of carbonyl (C=O) groups excluding carboxylic acids is 1. The molecule has 0 bridgehead atoms. The van der Waals surface area contributed by atoms with E-state index in [-0.39, 0.29) is 11.5 Å². The topological polar surface area (TPSA) is 51.2 Å². The third-order valence-electron chi connectivity index (χ3n) is 3.52. The molecular formula is C14H18O3S. The second kappa shape index (κ2) is 5.22. The number of Topliss-reactive ketones (excluding diaryl/α,β-unsaturated/α-hetero) is 1. The summed E-state index contributed by atoms with van der Waals surface area (Å²) >= 11 is 0. The number of carbonyl (C=O) groups is 1. The smallest absolute Gasteiger partial charge is 0.180 e. The number of sulfone groups is 1. The number of hydrogen-bond acceptors (Lipinski definition) is 3. The van der Waals surface area contributed by atoms with E-state index < -0.39 is 15.1 Å². The molecule has 1 unspecified atom stereocenters. The summed E-state index contributed by atoms with van der Waals surface area (Å²) in [5.74, 6) is -0.0893. The fourth-order valence-electron chi connectivity index (χ4n) is 2.34. The van der Waals surface area contributed by atoms with Crippen molar-refractivity contribution < 1.29 is 13.2 Å². The molecule has 0 spiro atoms. The van der Waals surface area contributed by atoms with Crippen LogP contribution in [0.2, 0.25) is 0 Å². The quantitative estimate of drug-likeness (QED) is 0.789. The van der Waals surface area contributed by atoms with E-state index in [1.54, 1.807) is 12.1 Å². The van der Waals surface area contributed by atoms with Crippen LogP contribution in [0.15, 0.2) is 24.3 Å². The monoisotopic (exact) mass is 266 g/mol. The molecule has 1 heterocycles. The summed E-state index contributed by atoms with van der Waals surface area (Å²) in [7, 11) is -3.24. The molecule has 1 aromatic rings. The molecule has 3 nitrogen and oxygen atoms in total. The van der Waals surface area contributed by atoms with Crippen LogP contribution in [-0.4, -0.2) is 25.2 Å². The SMILES string of the molecule is CCc1ccc(C(=O)C2CCCCS2(=O)=O)cc1. The van der Waals surface area contributed by atoms with Crippen LogP contribution in [0.3, 0.4) is 0 Å². The summed E-state index contributed by atoms with van der Waals surface area (Å²) in [5.41, 5.74) is 1.67.